The van der Waals surface area contributed by atoms with Crippen LogP contribution in [0, 0.1) is 16.0 Å². The van der Waals surface area contributed by atoms with Gasteiger partial charge in [-0.15, -0.1) is 0 Å². The molecule has 7 heteroatoms. The summed E-state index contributed by atoms with van der Waals surface area (Å²) >= 11 is 0. The van der Waals surface area contributed by atoms with Gasteiger partial charge in [0.1, 0.15) is 11.9 Å². The van der Waals surface area contributed by atoms with Gasteiger partial charge in [-0.1, -0.05) is 0 Å². The van der Waals surface area contributed by atoms with Gasteiger partial charge in [-0.25, -0.2) is 0 Å². The molecule has 1 aliphatic heterocycles. The summed E-state index contributed by atoms with van der Waals surface area (Å²) < 4.78 is 0. The molecule has 17 heavy (non-hydrogen) atoms. The topological polar surface area (TPSA) is 96.6 Å². The van der Waals surface area contributed by atoms with Gasteiger partial charge in [0.25, 0.3) is 0 Å². The first-order valence-corrected chi connectivity index (χ1v) is 5.15. The van der Waals surface area contributed by atoms with Crippen molar-refractivity contribution in [2.24, 2.45) is 5.92 Å². The van der Waals surface area contributed by atoms with Crippen molar-refractivity contribution >= 4 is 17.3 Å². The molecule has 0 amide bonds. The third-order valence-electron chi connectivity index (χ3n) is 2.85. The molecule has 1 aliphatic rings. The van der Waals surface area contributed by atoms with Crippen LogP contribution in [0.15, 0.2) is 18.5 Å². The molecular weight excluding hydrogens is 226 g/mol. The standard InChI is InChI=1S/C10H11N3O4/c14-10(15)7-2-4-12(6-7)8-1-3-11-5-9(8)13(16)17/h1,3,5,7H,2,4,6H2,(H,14,15). The van der Waals surface area contributed by atoms with Crippen molar-refractivity contribution in [1.82, 2.24) is 4.98 Å². The highest BCUT2D eigenvalue weighted by molar-refractivity contribution is 5.73. The summed E-state index contributed by atoms with van der Waals surface area (Å²) in [5, 5.41) is 19.7. The molecule has 1 N–H and O–H groups in total. The van der Waals surface area contributed by atoms with E-state index in [1.54, 1.807) is 11.0 Å². The fourth-order valence-corrected chi connectivity index (χ4v) is 1.97. The van der Waals surface area contributed by atoms with E-state index >= 15 is 0 Å². The van der Waals surface area contributed by atoms with Gasteiger partial charge in [-0.3, -0.25) is 19.9 Å². The van der Waals surface area contributed by atoms with E-state index in [1.165, 1.54) is 12.4 Å². The molecule has 1 aromatic heterocycles. The van der Waals surface area contributed by atoms with Crippen molar-refractivity contribution in [2.45, 2.75) is 6.42 Å². The minimum atomic E-state index is -0.857. The van der Waals surface area contributed by atoms with Crippen LogP contribution in [-0.2, 0) is 4.79 Å². The largest absolute Gasteiger partial charge is 0.481 e. The summed E-state index contributed by atoms with van der Waals surface area (Å²) in [6, 6.07) is 1.54. The molecule has 0 aliphatic carbocycles. The van der Waals surface area contributed by atoms with E-state index in [0.29, 0.717) is 25.2 Å². The number of carbonyl (C=O) groups is 1. The molecule has 0 saturated carbocycles. The Balaban J connectivity index is 2.24. The van der Waals surface area contributed by atoms with Crippen LogP contribution in [0.2, 0.25) is 0 Å². The van der Waals surface area contributed by atoms with Gasteiger partial charge in [-0.05, 0) is 12.5 Å². The van der Waals surface area contributed by atoms with E-state index in [1.807, 2.05) is 0 Å². The van der Waals surface area contributed by atoms with Crippen LogP contribution in [0.1, 0.15) is 6.42 Å². The molecule has 0 aromatic carbocycles. The van der Waals surface area contributed by atoms with Gasteiger partial charge < -0.3 is 10.0 Å². The highest BCUT2D eigenvalue weighted by Gasteiger charge is 2.31. The summed E-state index contributed by atoms with van der Waals surface area (Å²) in [7, 11) is 0. The van der Waals surface area contributed by atoms with Crippen LogP contribution in [0.3, 0.4) is 0 Å². The molecule has 0 radical (unpaired) electrons. The number of hydrogen-bond acceptors (Lipinski definition) is 5. The Bertz CT molecular complexity index is 463. The zero-order valence-electron chi connectivity index (χ0n) is 8.94. The fraction of sp³-hybridized carbons (Fsp3) is 0.400. The summed E-state index contributed by atoms with van der Waals surface area (Å²) in [6.07, 6.45) is 3.16. The second-order valence-electron chi connectivity index (χ2n) is 3.89. The molecule has 90 valence electrons. The maximum atomic E-state index is 10.8. The maximum absolute atomic E-state index is 10.8. The van der Waals surface area contributed by atoms with Crippen LogP contribution in [0.5, 0.6) is 0 Å². The Kier molecular flexibility index (Phi) is 2.90. The number of pyridine rings is 1. The van der Waals surface area contributed by atoms with E-state index in [2.05, 4.69) is 4.98 Å². The van der Waals surface area contributed by atoms with Gasteiger partial charge in [0.15, 0.2) is 0 Å². The van der Waals surface area contributed by atoms with Crippen LogP contribution in [0.25, 0.3) is 0 Å². The maximum Gasteiger partial charge on any atom is 0.310 e. The van der Waals surface area contributed by atoms with Crippen LogP contribution in [-0.4, -0.2) is 34.1 Å². The molecule has 1 saturated heterocycles. The Morgan fingerprint density at radius 3 is 3.00 bits per heavy atom. The Hall–Kier alpha value is -2.18. The SMILES string of the molecule is O=C(O)C1CCN(c2ccncc2[N+](=O)[O-])C1. The number of aliphatic carboxylic acids is 1. The smallest absolute Gasteiger partial charge is 0.310 e. The molecule has 2 rings (SSSR count). The molecule has 1 aromatic rings. The number of carboxylic acid groups (broad SMARTS) is 1. The first-order valence-electron chi connectivity index (χ1n) is 5.15. The lowest BCUT2D eigenvalue weighted by atomic mass is 10.1. The minimum absolute atomic E-state index is 0.0847. The van der Waals surface area contributed by atoms with Crippen molar-refractivity contribution in [1.29, 1.82) is 0 Å². The predicted molar refractivity (Wildman–Crippen MR) is 58.8 cm³/mol. The quantitative estimate of drug-likeness (QED) is 0.619. The second kappa shape index (κ2) is 4.36. The predicted octanol–water partition coefficient (Wildman–Crippen LogP) is 0.901. The highest BCUT2D eigenvalue weighted by atomic mass is 16.6. The lowest BCUT2D eigenvalue weighted by Crippen LogP contribution is -2.23. The molecule has 0 bridgehead atoms. The molecule has 1 fully saturated rings. The normalized spacial score (nSPS) is 19.3. The van der Waals surface area contributed by atoms with E-state index < -0.39 is 16.8 Å². The van der Waals surface area contributed by atoms with Crippen molar-refractivity contribution in [3.8, 4) is 0 Å². The number of hydrogen-bond donors (Lipinski definition) is 1. The molecule has 7 nitrogen and oxygen atoms in total. The van der Waals surface area contributed by atoms with Gasteiger partial charge in [0.05, 0.1) is 10.8 Å². The lowest BCUT2D eigenvalue weighted by Gasteiger charge is -2.17. The van der Waals surface area contributed by atoms with E-state index in [9.17, 15) is 14.9 Å². The molecule has 1 atom stereocenters. The van der Waals surface area contributed by atoms with Crippen molar-refractivity contribution in [3.63, 3.8) is 0 Å². The summed E-state index contributed by atoms with van der Waals surface area (Å²) in [5.41, 5.74) is 0.354. The fourth-order valence-electron chi connectivity index (χ4n) is 1.97. The Morgan fingerprint density at radius 2 is 2.41 bits per heavy atom. The number of anilines is 1. The zero-order valence-corrected chi connectivity index (χ0v) is 8.94. The number of aromatic nitrogens is 1. The average Bonchev–Trinajstić information content (AvgIpc) is 2.78. The van der Waals surface area contributed by atoms with Gasteiger partial charge in [0.2, 0.25) is 0 Å². The summed E-state index contributed by atoms with van der Waals surface area (Å²) in [5.74, 6) is -1.31. The first-order chi connectivity index (χ1) is 8.09. The lowest BCUT2D eigenvalue weighted by molar-refractivity contribution is -0.384. The Labute approximate surface area is 96.8 Å². The second-order valence-corrected chi connectivity index (χ2v) is 3.89. The van der Waals surface area contributed by atoms with Crippen LogP contribution >= 0.6 is 0 Å². The number of nitrogens with zero attached hydrogens (tertiary/aromatic N) is 3. The average molecular weight is 237 g/mol. The third kappa shape index (κ3) is 2.17. The van der Waals surface area contributed by atoms with E-state index in [4.69, 9.17) is 5.11 Å². The molecule has 2 heterocycles. The summed E-state index contributed by atoms with van der Waals surface area (Å²) in [4.78, 5) is 26.6. The van der Waals surface area contributed by atoms with Crippen molar-refractivity contribution in [2.75, 3.05) is 18.0 Å². The van der Waals surface area contributed by atoms with Crippen molar-refractivity contribution in [3.05, 3.63) is 28.6 Å². The molecular formula is C10H11N3O4. The summed E-state index contributed by atoms with van der Waals surface area (Å²) in [6.45, 7) is 0.821. The zero-order chi connectivity index (χ0) is 12.4. The molecule has 1 unspecified atom stereocenters. The minimum Gasteiger partial charge on any atom is -0.481 e. The number of carboxylic acids is 1. The third-order valence-corrected chi connectivity index (χ3v) is 2.85. The van der Waals surface area contributed by atoms with Gasteiger partial charge in [0, 0.05) is 19.3 Å². The van der Waals surface area contributed by atoms with Crippen LogP contribution in [0.4, 0.5) is 11.4 Å². The highest BCUT2D eigenvalue weighted by Crippen LogP contribution is 2.31. The van der Waals surface area contributed by atoms with Gasteiger partial charge >= 0.3 is 11.7 Å². The van der Waals surface area contributed by atoms with Crippen molar-refractivity contribution < 1.29 is 14.8 Å². The Morgan fingerprint density at radius 1 is 1.65 bits per heavy atom. The van der Waals surface area contributed by atoms with E-state index in [0.717, 1.165) is 0 Å². The van der Waals surface area contributed by atoms with Crippen LogP contribution < -0.4 is 4.90 Å². The van der Waals surface area contributed by atoms with Gasteiger partial charge in [-0.2, -0.15) is 0 Å². The number of rotatable bonds is 3. The monoisotopic (exact) mass is 237 g/mol. The van der Waals surface area contributed by atoms with E-state index in [-0.39, 0.29) is 5.69 Å². The first kappa shape index (κ1) is 11.3. The number of nitro groups is 1. The molecule has 0 spiro atoms.